The molecule has 98 valence electrons. The number of primary amides is 1. The highest BCUT2D eigenvalue weighted by molar-refractivity contribution is 5.92. The quantitative estimate of drug-likeness (QED) is 0.832. The van der Waals surface area contributed by atoms with Gasteiger partial charge in [-0.1, -0.05) is 5.16 Å². The molecular formula is C12H10N2O5. The Morgan fingerprint density at radius 3 is 2.53 bits per heavy atom. The fourth-order valence-electron chi connectivity index (χ4n) is 1.35. The molecular weight excluding hydrogens is 252 g/mol. The van der Waals surface area contributed by atoms with Gasteiger partial charge in [0.05, 0.1) is 0 Å². The molecule has 1 heterocycles. The summed E-state index contributed by atoms with van der Waals surface area (Å²) in [5.74, 6) is -0.900. The smallest absolute Gasteiger partial charge is 0.358 e. The number of benzene rings is 1. The van der Waals surface area contributed by atoms with Crippen LogP contribution >= 0.6 is 0 Å². The van der Waals surface area contributed by atoms with Crippen LogP contribution in [0.4, 0.5) is 0 Å². The lowest BCUT2D eigenvalue weighted by Crippen LogP contribution is -2.10. The van der Waals surface area contributed by atoms with Crippen LogP contribution in [0.15, 0.2) is 34.9 Å². The summed E-state index contributed by atoms with van der Waals surface area (Å²) in [7, 11) is 0. The predicted octanol–water partition coefficient (Wildman–Crippen LogP) is 1.05. The van der Waals surface area contributed by atoms with Gasteiger partial charge in [-0.2, -0.15) is 0 Å². The zero-order valence-corrected chi connectivity index (χ0v) is 9.70. The van der Waals surface area contributed by atoms with Crippen molar-refractivity contribution in [1.82, 2.24) is 5.16 Å². The Morgan fingerprint density at radius 1 is 1.32 bits per heavy atom. The number of carbonyl (C=O) groups excluding carboxylic acids is 1. The van der Waals surface area contributed by atoms with Gasteiger partial charge in [0.25, 0.3) is 0 Å². The van der Waals surface area contributed by atoms with E-state index in [-0.39, 0.29) is 18.1 Å². The van der Waals surface area contributed by atoms with Gasteiger partial charge in [-0.05, 0) is 24.3 Å². The van der Waals surface area contributed by atoms with Crippen molar-refractivity contribution in [2.24, 2.45) is 5.73 Å². The van der Waals surface area contributed by atoms with Crippen LogP contribution in [0.25, 0.3) is 0 Å². The van der Waals surface area contributed by atoms with E-state index in [2.05, 4.69) is 5.16 Å². The van der Waals surface area contributed by atoms with E-state index in [4.69, 9.17) is 20.1 Å². The van der Waals surface area contributed by atoms with Crippen molar-refractivity contribution in [3.63, 3.8) is 0 Å². The minimum atomic E-state index is -1.17. The molecule has 2 aromatic rings. The van der Waals surface area contributed by atoms with Crippen molar-refractivity contribution in [2.75, 3.05) is 0 Å². The number of carboxylic acid groups (broad SMARTS) is 1. The molecule has 0 saturated carbocycles. The van der Waals surface area contributed by atoms with Crippen LogP contribution in [-0.4, -0.2) is 22.1 Å². The molecule has 0 spiro atoms. The highest BCUT2D eigenvalue weighted by atomic mass is 16.5. The average molecular weight is 262 g/mol. The SMILES string of the molecule is NC(=O)c1ccc(OCc2cc(C(=O)O)no2)cc1. The average Bonchev–Trinajstić information content (AvgIpc) is 2.86. The van der Waals surface area contributed by atoms with E-state index in [0.29, 0.717) is 11.3 Å². The van der Waals surface area contributed by atoms with E-state index in [1.165, 1.54) is 18.2 Å². The molecule has 7 nitrogen and oxygen atoms in total. The monoisotopic (exact) mass is 262 g/mol. The van der Waals surface area contributed by atoms with Crippen LogP contribution in [0.5, 0.6) is 5.75 Å². The van der Waals surface area contributed by atoms with E-state index < -0.39 is 11.9 Å². The Morgan fingerprint density at radius 2 is 2.00 bits per heavy atom. The lowest BCUT2D eigenvalue weighted by atomic mass is 10.2. The van der Waals surface area contributed by atoms with Gasteiger partial charge >= 0.3 is 5.97 Å². The first-order valence-corrected chi connectivity index (χ1v) is 5.28. The molecule has 0 unspecified atom stereocenters. The van der Waals surface area contributed by atoms with Gasteiger partial charge in [0, 0.05) is 11.6 Å². The van der Waals surface area contributed by atoms with Crippen molar-refractivity contribution in [2.45, 2.75) is 6.61 Å². The number of amides is 1. The summed E-state index contributed by atoms with van der Waals surface area (Å²) < 4.78 is 10.1. The number of nitrogens with zero attached hydrogens (tertiary/aromatic N) is 1. The van der Waals surface area contributed by atoms with Gasteiger partial charge in [-0.3, -0.25) is 4.79 Å². The molecule has 1 aromatic carbocycles. The highest BCUT2D eigenvalue weighted by Gasteiger charge is 2.11. The number of aromatic nitrogens is 1. The molecule has 19 heavy (non-hydrogen) atoms. The summed E-state index contributed by atoms with van der Waals surface area (Å²) in [4.78, 5) is 21.4. The van der Waals surface area contributed by atoms with Gasteiger partial charge in [-0.15, -0.1) is 0 Å². The summed E-state index contributed by atoms with van der Waals surface area (Å²) in [6, 6.07) is 7.49. The summed E-state index contributed by atoms with van der Waals surface area (Å²) >= 11 is 0. The number of carbonyl (C=O) groups is 2. The standard InChI is InChI=1S/C12H10N2O5/c13-11(15)7-1-3-8(4-2-7)18-6-9-5-10(12(16)17)14-19-9/h1-5H,6H2,(H2,13,15)(H,16,17). The zero-order valence-electron chi connectivity index (χ0n) is 9.70. The minimum Gasteiger partial charge on any atom is -0.486 e. The van der Waals surface area contributed by atoms with Crippen LogP contribution in [0, 0.1) is 0 Å². The topological polar surface area (TPSA) is 116 Å². The van der Waals surface area contributed by atoms with Crippen LogP contribution < -0.4 is 10.5 Å². The van der Waals surface area contributed by atoms with Crippen molar-refractivity contribution in [1.29, 1.82) is 0 Å². The number of nitrogens with two attached hydrogens (primary N) is 1. The largest absolute Gasteiger partial charge is 0.486 e. The number of carboxylic acids is 1. The van der Waals surface area contributed by atoms with E-state index in [0.717, 1.165) is 0 Å². The second kappa shape index (κ2) is 5.21. The van der Waals surface area contributed by atoms with E-state index in [1.54, 1.807) is 12.1 Å². The molecule has 0 aliphatic rings. The van der Waals surface area contributed by atoms with Gasteiger partial charge in [0.15, 0.2) is 11.5 Å². The summed E-state index contributed by atoms with van der Waals surface area (Å²) in [6.07, 6.45) is 0. The third-order valence-electron chi connectivity index (χ3n) is 2.30. The lowest BCUT2D eigenvalue weighted by Gasteiger charge is -2.03. The summed E-state index contributed by atoms with van der Waals surface area (Å²) in [5, 5.41) is 12.0. The number of rotatable bonds is 5. The molecule has 1 amide bonds. The van der Waals surface area contributed by atoms with Crippen molar-refractivity contribution in [3.05, 3.63) is 47.3 Å². The van der Waals surface area contributed by atoms with Gasteiger partial charge in [-0.25, -0.2) is 4.79 Å². The molecule has 0 aliphatic heterocycles. The number of aromatic carboxylic acids is 1. The molecule has 0 saturated heterocycles. The Kier molecular flexibility index (Phi) is 3.46. The second-order valence-corrected chi connectivity index (χ2v) is 3.66. The molecule has 0 aliphatic carbocycles. The van der Waals surface area contributed by atoms with Crippen LogP contribution in [-0.2, 0) is 6.61 Å². The third-order valence-corrected chi connectivity index (χ3v) is 2.30. The normalized spacial score (nSPS) is 10.1. The molecule has 0 atom stereocenters. The molecule has 1 aromatic heterocycles. The van der Waals surface area contributed by atoms with Crippen molar-refractivity contribution in [3.8, 4) is 5.75 Å². The number of ether oxygens (including phenoxy) is 1. The highest BCUT2D eigenvalue weighted by Crippen LogP contribution is 2.14. The molecule has 0 radical (unpaired) electrons. The fourth-order valence-corrected chi connectivity index (χ4v) is 1.35. The molecule has 2 rings (SSSR count). The van der Waals surface area contributed by atoms with E-state index in [9.17, 15) is 9.59 Å². The molecule has 0 bridgehead atoms. The molecule has 7 heteroatoms. The second-order valence-electron chi connectivity index (χ2n) is 3.66. The van der Waals surface area contributed by atoms with E-state index in [1.807, 2.05) is 0 Å². The Balaban J connectivity index is 1.97. The van der Waals surface area contributed by atoms with E-state index >= 15 is 0 Å². The first-order valence-electron chi connectivity index (χ1n) is 5.28. The fraction of sp³-hybridized carbons (Fsp3) is 0.0833. The molecule has 0 fully saturated rings. The van der Waals surface area contributed by atoms with Crippen molar-refractivity contribution >= 4 is 11.9 Å². The Hall–Kier alpha value is -2.83. The Labute approximate surface area is 107 Å². The third kappa shape index (κ3) is 3.09. The number of hydrogen-bond acceptors (Lipinski definition) is 5. The predicted molar refractivity (Wildman–Crippen MR) is 62.8 cm³/mol. The maximum absolute atomic E-state index is 10.9. The summed E-state index contributed by atoms with van der Waals surface area (Å²) in [6.45, 7) is 0.0379. The van der Waals surface area contributed by atoms with Gasteiger partial charge < -0.3 is 20.1 Å². The first-order chi connectivity index (χ1) is 9.06. The first kappa shape index (κ1) is 12.6. The zero-order chi connectivity index (χ0) is 13.8. The van der Waals surface area contributed by atoms with Gasteiger partial charge in [0.1, 0.15) is 12.4 Å². The van der Waals surface area contributed by atoms with Gasteiger partial charge in [0.2, 0.25) is 5.91 Å². The van der Waals surface area contributed by atoms with Crippen LogP contribution in [0.2, 0.25) is 0 Å². The Bertz CT molecular complexity index is 603. The maximum Gasteiger partial charge on any atom is 0.358 e. The summed E-state index contributed by atoms with van der Waals surface area (Å²) in [5.41, 5.74) is 5.30. The minimum absolute atomic E-state index is 0.0379. The molecule has 3 N–H and O–H groups in total. The van der Waals surface area contributed by atoms with Crippen LogP contribution in [0.3, 0.4) is 0 Å². The van der Waals surface area contributed by atoms with Crippen molar-refractivity contribution < 1.29 is 24.0 Å². The lowest BCUT2D eigenvalue weighted by molar-refractivity contribution is 0.0685. The maximum atomic E-state index is 10.9. The number of hydrogen-bond donors (Lipinski definition) is 2. The van der Waals surface area contributed by atoms with Crippen LogP contribution in [0.1, 0.15) is 26.6 Å².